The molecule has 3 nitrogen and oxygen atoms in total. The Morgan fingerprint density at radius 3 is 0.959 bits per heavy atom. The zero-order chi connectivity index (χ0) is 34.1. The molecule has 0 saturated carbocycles. The van der Waals surface area contributed by atoms with E-state index in [1.807, 2.05) is 0 Å². The monoisotopic (exact) mass is 820 g/mol. The van der Waals surface area contributed by atoms with Gasteiger partial charge in [0.15, 0.2) is 10.1 Å². The van der Waals surface area contributed by atoms with Gasteiger partial charge in [0, 0.05) is 20.4 Å². The molecule has 11 heteroatoms. The van der Waals surface area contributed by atoms with E-state index in [-0.39, 0.29) is 20.4 Å². The van der Waals surface area contributed by atoms with Crippen LogP contribution in [-0.4, -0.2) is 27.3 Å². The van der Waals surface area contributed by atoms with E-state index in [2.05, 4.69) is 176 Å². The molecule has 0 spiro atoms. The van der Waals surface area contributed by atoms with E-state index in [0.29, 0.717) is 0 Å². The average Bonchev–Trinajstić information content (AvgIpc) is 3.10. The van der Waals surface area contributed by atoms with Crippen molar-refractivity contribution in [3.8, 4) is 0 Å². The van der Waals surface area contributed by atoms with Crippen molar-refractivity contribution >= 4 is 77.0 Å². The second kappa shape index (κ2) is 17.6. The molecular weight excluding hydrogens is 790 g/mol. The molecule has 0 unspecified atom stereocenters. The maximum absolute atomic E-state index is 10.7. The molecule has 6 aromatic rings. The van der Waals surface area contributed by atoms with Gasteiger partial charge in [-0.05, 0) is 58.0 Å². The van der Waals surface area contributed by atoms with Crippen LogP contribution in [0.25, 0.3) is 0 Å². The fourth-order valence-electron chi connectivity index (χ4n) is 5.28. The molecule has 49 heavy (non-hydrogen) atoms. The van der Waals surface area contributed by atoms with Crippen LogP contribution in [0.5, 0.6) is 0 Å². The SMILES string of the molecule is C[Si](c1ccccc1P(c1ccccc1)c1ccccc1)c1ccccc1P(c1ccccc1)c1ccccc1.O=S(=O)([O-])C(F)(F)F.[Pd]. The molecule has 0 fully saturated rings. The largest absolute Gasteiger partial charge is 0.741 e. The van der Waals surface area contributed by atoms with Gasteiger partial charge >= 0.3 is 5.51 Å². The molecule has 0 amide bonds. The van der Waals surface area contributed by atoms with E-state index >= 15 is 0 Å². The Bertz CT molecular complexity index is 1820. The molecule has 1 radical (unpaired) electrons. The van der Waals surface area contributed by atoms with Gasteiger partial charge in [0.25, 0.3) is 0 Å². The van der Waals surface area contributed by atoms with Crippen LogP contribution in [0.15, 0.2) is 170 Å². The van der Waals surface area contributed by atoms with Gasteiger partial charge in [0.05, 0.1) is 0 Å². The Labute approximate surface area is 303 Å². The molecule has 0 heterocycles. The summed E-state index contributed by atoms with van der Waals surface area (Å²) in [5.41, 5.74) is -5.65. The van der Waals surface area contributed by atoms with Gasteiger partial charge < -0.3 is 4.55 Å². The Morgan fingerprint density at radius 2 is 0.714 bits per heavy atom. The minimum absolute atomic E-state index is 0. The molecule has 0 atom stereocenters. The van der Waals surface area contributed by atoms with Crippen molar-refractivity contribution in [2.24, 2.45) is 0 Å². The predicted molar refractivity (Wildman–Crippen MR) is 197 cm³/mol. The van der Waals surface area contributed by atoms with Gasteiger partial charge in [-0.1, -0.05) is 176 Å². The fraction of sp³-hybridized carbons (Fsp3) is 0.0526. The minimum Gasteiger partial charge on any atom is -0.741 e. The summed E-state index contributed by atoms with van der Waals surface area (Å²) in [5.74, 6) is 0. The van der Waals surface area contributed by atoms with Gasteiger partial charge in [-0.25, -0.2) is 8.42 Å². The van der Waals surface area contributed by atoms with Crippen molar-refractivity contribution in [2.75, 3.05) is 0 Å². The first-order valence-corrected chi connectivity index (χ1v) is 21.0. The van der Waals surface area contributed by atoms with E-state index < -0.39 is 40.3 Å². The summed E-state index contributed by atoms with van der Waals surface area (Å²) >= 11 is 0. The number of rotatable bonds is 8. The molecule has 0 aliphatic heterocycles. The third-order valence-electron chi connectivity index (χ3n) is 7.44. The summed E-state index contributed by atoms with van der Waals surface area (Å²) < 4.78 is 58.9. The van der Waals surface area contributed by atoms with Gasteiger partial charge in [0.1, 0.15) is 8.80 Å². The normalized spacial score (nSPS) is 11.5. The smallest absolute Gasteiger partial charge is 0.485 e. The summed E-state index contributed by atoms with van der Waals surface area (Å²) in [4.78, 5) is 0. The van der Waals surface area contributed by atoms with Crippen LogP contribution in [-0.2, 0) is 30.5 Å². The predicted octanol–water partition coefficient (Wildman–Crippen LogP) is 5.49. The quantitative estimate of drug-likeness (QED) is 0.0885. The molecule has 0 bridgehead atoms. The fourth-order valence-corrected chi connectivity index (χ4v) is 13.6. The molecule has 0 N–H and O–H groups in total. The van der Waals surface area contributed by atoms with Crippen molar-refractivity contribution in [1.29, 1.82) is 0 Å². The van der Waals surface area contributed by atoms with E-state index in [9.17, 15) is 13.2 Å². The first kappa shape index (κ1) is 38.6. The maximum Gasteiger partial charge on any atom is 0.485 e. The van der Waals surface area contributed by atoms with Gasteiger partial charge in [-0.3, -0.25) is 0 Å². The van der Waals surface area contributed by atoms with E-state index in [0.717, 1.165) is 0 Å². The first-order valence-electron chi connectivity index (χ1n) is 14.9. The number of halogens is 3. The Hall–Kier alpha value is -3.24. The molecule has 6 rings (SSSR count). The van der Waals surface area contributed by atoms with Crippen molar-refractivity contribution in [2.45, 2.75) is 12.1 Å². The molecular formula is C38H31F3O3P2PdSSi-. The van der Waals surface area contributed by atoms with Gasteiger partial charge in [-0.2, -0.15) is 13.2 Å². The van der Waals surface area contributed by atoms with Crippen molar-refractivity contribution in [3.63, 3.8) is 0 Å². The van der Waals surface area contributed by atoms with E-state index in [1.54, 1.807) is 0 Å². The molecule has 0 aliphatic rings. The summed E-state index contributed by atoms with van der Waals surface area (Å²) in [7, 11) is -8.52. The standard InChI is InChI=1S/C37H31P2Si.CHF3O3S.Pd/c1-40(36-28-16-14-26-34(36)38(30-18-6-2-7-19-30)31-20-8-3-9-21-31)37-29-17-15-27-35(37)39(32-22-10-4-11-23-32)33-24-12-5-13-25-33;2-1(3,4)8(5,6)7;/h2-29H,1H3;(H,5,6,7);/p-1. The molecule has 0 saturated heterocycles. The van der Waals surface area contributed by atoms with Crippen LogP contribution in [0.3, 0.4) is 0 Å². The van der Waals surface area contributed by atoms with E-state index in [1.165, 1.54) is 42.2 Å². The van der Waals surface area contributed by atoms with Crippen LogP contribution in [0.2, 0.25) is 6.55 Å². The summed E-state index contributed by atoms with van der Waals surface area (Å²) in [6.45, 7) is 2.50. The number of alkyl halides is 3. The van der Waals surface area contributed by atoms with Crippen molar-refractivity contribution in [1.82, 2.24) is 0 Å². The Morgan fingerprint density at radius 1 is 0.490 bits per heavy atom. The Balaban J connectivity index is 0.000000538. The van der Waals surface area contributed by atoms with Gasteiger partial charge in [-0.15, -0.1) is 0 Å². The first-order chi connectivity index (χ1) is 23.1. The van der Waals surface area contributed by atoms with Crippen molar-refractivity contribution < 1.29 is 46.6 Å². The number of hydrogen-bond donors (Lipinski definition) is 0. The topological polar surface area (TPSA) is 57.2 Å². The summed E-state index contributed by atoms with van der Waals surface area (Å²) in [6, 6.07) is 62.8. The average molecular weight is 821 g/mol. The number of hydrogen-bond acceptors (Lipinski definition) is 3. The minimum atomic E-state index is -6.09. The maximum atomic E-state index is 10.7. The second-order valence-corrected chi connectivity index (χ2v) is 18.6. The molecule has 253 valence electrons. The van der Waals surface area contributed by atoms with Crippen LogP contribution >= 0.6 is 15.8 Å². The van der Waals surface area contributed by atoms with Crippen LogP contribution in [0.4, 0.5) is 13.2 Å². The van der Waals surface area contributed by atoms with Crippen molar-refractivity contribution in [3.05, 3.63) is 170 Å². The summed E-state index contributed by atoms with van der Waals surface area (Å²) in [5, 5.41) is 11.6. The third-order valence-corrected chi connectivity index (χ3v) is 15.9. The van der Waals surface area contributed by atoms with Crippen LogP contribution in [0.1, 0.15) is 0 Å². The molecule has 0 aromatic heterocycles. The molecule has 6 aromatic carbocycles. The Kier molecular flexibility index (Phi) is 13.9. The van der Waals surface area contributed by atoms with E-state index in [4.69, 9.17) is 13.0 Å². The second-order valence-electron chi connectivity index (χ2n) is 10.6. The summed E-state index contributed by atoms with van der Waals surface area (Å²) in [6.07, 6.45) is 0. The van der Waals surface area contributed by atoms with Gasteiger partial charge in [0.2, 0.25) is 0 Å². The zero-order valence-electron chi connectivity index (χ0n) is 26.1. The zero-order valence-corrected chi connectivity index (χ0v) is 31.3. The molecule has 0 aliphatic carbocycles. The third kappa shape index (κ3) is 9.72. The number of benzene rings is 6. The van der Waals surface area contributed by atoms with Crippen LogP contribution in [0, 0.1) is 0 Å². The van der Waals surface area contributed by atoms with Crippen LogP contribution < -0.4 is 42.2 Å².